The quantitative estimate of drug-likeness (QED) is 0.467. The molecule has 0 aromatic heterocycles. The molecule has 0 aliphatic heterocycles. The van der Waals surface area contributed by atoms with Crippen molar-refractivity contribution in [2.24, 2.45) is 11.7 Å². The molecule has 0 spiro atoms. The summed E-state index contributed by atoms with van der Waals surface area (Å²) in [6.07, 6.45) is 0.534. The second kappa shape index (κ2) is 6.83. The molecule has 3 nitrogen and oxygen atoms in total. The van der Waals surface area contributed by atoms with Gasteiger partial charge in [-0.2, -0.15) is 0 Å². The molecular weight excluding hydrogens is 169 g/mol. The van der Waals surface area contributed by atoms with Gasteiger partial charge in [-0.15, -0.1) is 0 Å². The summed E-state index contributed by atoms with van der Waals surface area (Å²) < 4.78 is 12.1. The Labute approximate surface area is 79.6 Å². The second-order valence-electron chi connectivity index (χ2n) is 3.66. The van der Waals surface area contributed by atoms with E-state index in [1.807, 2.05) is 4.90 Å². The number of nitrogens with zero attached hydrogens (tertiary/aromatic N) is 1. The van der Waals surface area contributed by atoms with E-state index in [2.05, 4.69) is 13.8 Å². The molecule has 0 amide bonds. The first kappa shape index (κ1) is 12.4. The van der Waals surface area contributed by atoms with Crippen LogP contribution in [0.5, 0.6) is 0 Å². The number of hydrogen-bond acceptors (Lipinski definition) is 2. The summed E-state index contributed by atoms with van der Waals surface area (Å²) in [5.74, 6) is 0.700. The Kier molecular flexibility index (Phi) is 6.49. The highest BCUT2D eigenvalue weighted by molar-refractivity contribution is 5.76. The summed E-state index contributed by atoms with van der Waals surface area (Å²) in [5, 5.41) is 7.06. The van der Waals surface area contributed by atoms with Gasteiger partial charge in [0.1, 0.15) is 6.67 Å². The molecule has 3 N–H and O–H groups in total. The minimum absolute atomic E-state index is 0.174. The first-order valence-electron chi connectivity index (χ1n) is 4.67. The lowest BCUT2D eigenvalue weighted by Gasteiger charge is -2.22. The number of nitrogens with two attached hydrogens (primary N) is 1. The van der Waals surface area contributed by atoms with Crippen LogP contribution in [0.4, 0.5) is 4.39 Å². The van der Waals surface area contributed by atoms with Gasteiger partial charge < -0.3 is 10.6 Å². The van der Waals surface area contributed by atoms with Crippen molar-refractivity contribution in [3.05, 3.63) is 0 Å². The lowest BCUT2D eigenvalue weighted by Crippen LogP contribution is -2.32. The van der Waals surface area contributed by atoms with Gasteiger partial charge in [0.05, 0.1) is 5.84 Å². The number of alkyl halides is 1. The number of hydrogen-bond donors (Lipinski definition) is 2. The Hall–Kier alpha value is -0.640. The zero-order valence-corrected chi connectivity index (χ0v) is 8.52. The van der Waals surface area contributed by atoms with Crippen LogP contribution in [0.1, 0.15) is 20.3 Å². The van der Waals surface area contributed by atoms with Crippen LogP contribution in [0.25, 0.3) is 0 Å². The van der Waals surface area contributed by atoms with Gasteiger partial charge in [0.15, 0.2) is 0 Å². The summed E-state index contributed by atoms with van der Waals surface area (Å²) in [6.45, 7) is 5.88. The summed E-state index contributed by atoms with van der Waals surface area (Å²) >= 11 is 0. The average molecular weight is 189 g/mol. The third-order valence-electron chi connectivity index (χ3n) is 1.72. The van der Waals surface area contributed by atoms with Crippen molar-refractivity contribution >= 4 is 5.84 Å². The smallest absolute Gasteiger partial charge is 0.102 e. The van der Waals surface area contributed by atoms with Crippen molar-refractivity contribution in [3.8, 4) is 0 Å². The molecule has 0 radical (unpaired) electrons. The van der Waals surface area contributed by atoms with Crippen LogP contribution < -0.4 is 5.73 Å². The highest BCUT2D eigenvalue weighted by Crippen LogP contribution is 1.99. The van der Waals surface area contributed by atoms with Gasteiger partial charge in [-0.05, 0) is 5.92 Å². The Morgan fingerprint density at radius 1 is 1.46 bits per heavy atom. The maximum absolute atomic E-state index is 12.1. The van der Waals surface area contributed by atoms with Crippen LogP contribution in [-0.2, 0) is 0 Å². The van der Waals surface area contributed by atoms with Gasteiger partial charge in [-0.25, -0.2) is 4.39 Å². The van der Waals surface area contributed by atoms with Crippen LogP contribution >= 0.6 is 0 Å². The summed E-state index contributed by atoms with van der Waals surface area (Å²) in [5.41, 5.74) is 5.23. The van der Waals surface area contributed by atoms with Crippen molar-refractivity contribution in [1.29, 1.82) is 5.41 Å². The lowest BCUT2D eigenvalue weighted by molar-refractivity contribution is 0.229. The van der Waals surface area contributed by atoms with E-state index in [1.54, 1.807) is 0 Å². The number of nitrogens with one attached hydrogen (secondary N) is 1. The van der Waals surface area contributed by atoms with Crippen molar-refractivity contribution in [1.82, 2.24) is 4.90 Å². The Balaban J connectivity index is 3.72. The van der Waals surface area contributed by atoms with Gasteiger partial charge in [0.25, 0.3) is 0 Å². The summed E-state index contributed by atoms with van der Waals surface area (Å²) in [7, 11) is 0. The minimum Gasteiger partial charge on any atom is -0.388 e. The van der Waals surface area contributed by atoms with Crippen LogP contribution in [0.2, 0.25) is 0 Å². The largest absolute Gasteiger partial charge is 0.388 e. The fourth-order valence-corrected chi connectivity index (χ4v) is 1.21. The van der Waals surface area contributed by atoms with Gasteiger partial charge >= 0.3 is 0 Å². The maximum Gasteiger partial charge on any atom is 0.102 e. The van der Waals surface area contributed by atoms with Crippen molar-refractivity contribution in [3.63, 3.8) is 0 Å². The number of amidine groups is 1. The second-order valence-corrected chi connectivity index (χ2v) is 3.66. The summed E-state index contributed by atoms with van der Waals surface area (Å²) in [6, 6.07) is 0. The molecule has 78 valence electrons. The molecule has 4 heteroatoms. The van der Waals surface area contributed by atoms with E-state index in [1.165, 1.54) is 0 Å². The zero-order chi connectivity index (χ0) is 10.3. The minimum atomic E-state index is -0.329. The van der Waals surface area contributed by atoms with E-state index in [9.17, 15) is 4.39 Å². The van der Waals surface area contributed by atoms with Gasteiger partial charge in [-0.3, -0.25) is 5.41 Å². The molecule has 0 atom stereocenters. The predicted molar refractivity (Wildman–Crippen MR) is 53.8 cm³/mol. The van der Waals surface area contributed by atoms with Crippen molar-refractivity contribution < 1.29 is 4.39 Å². The van der Waals surface area contributed by atoms with Gasteiger partial charge in [0.2, 0.25) is 0 Å². The van der Waals surface area contributed by atoms with E-state index in [0.717, 1.165) is 6.54 Å². The van der Waals surface area contributed by atoms with E-state index in [4.69, 9.17) is 11.1 Å². The first-order chi connectivity index (χ1) is 6.06. The highest BCUT2D eigenvalue weighted by Gasteiger charge is 2.06. The summed E-state index contributed by atoms with van der Waals surface area (Å²) in [4.78, 5) is 2.01. The molecule has 0 heterocycles. The normalized spacial score (nSPS) is 11.2. The van der Waals surface area contributed by atoms with Crippen molar-refractivity contribution in [2.75, 3.05) is 26.3 Å². The highest BCUT2D eigenvalue weighted by atomic mass is 19.1. The van der Waals surface area contributed by atoms with E-state index in [0.29, 0.717) is 25.4 Å². The van der Waals surface area contributed by atoms with Gasteiger partial charge in [-0.1, -0.05) is 13.8 Å². The lowest BCUT2D eigenvalue weighted by atomic mass is 10.2. The average Bonchev–Trinajstić information content (AvgIpc) is 1.99. The van der Waals surface area contributed by atoms with Gasteiger partial charge in [0, 0.05) is 26.1 Å². The van der Waals surface area contributed by atoms with Crippen LogP contribution in [0.3, 0.4) is 0 Å². The first-order valence-corrected chi connectivity index (χ1v) is 4.67. The molecule has 0 aliphatic carbocycles. The van der Waals surface area contributed by atoms with Crippen LogP contribution in [0.15, 0.2) is 0 Å². The Bertz CT molecular complexity index is 148. The molecule has 0 aromatic carbocycles. The van der Waals surface area contributed by atoms with Crippen LogP contribution in [0, 0.1) is 11.3 Å². The molecule has 0 saturated heterocycles. The molecule has 0 rings (SSSR count). The Morgan fingerprint density at radius 3 is 2.46 bits per heavy atom. The topological polar surface area (TPSA) is 53.1 Å². The predicted octanol–water partition coefficient (Wildman–Crippen LogP) is 1.24. The van der Waals surface area contributed by atoms with E-state index in [-0.39, 0.29) is 12.5 Å². The standard InChI is InChI=1S/C9H20FN3/c1-8(2)7-13(6-4-10)5-3-9(11)12/h8H,3-7H2,1-2H3,(H3,11,12). The maximum atomic E-state index is 12.1. The van der Waals surface area contributed by atoms with Crippen molar-refractivity contribution in [2.45, 2.75) is 20.3 Å². The molecule has 0 fully saturated rings. The van der Waals surface area contributed by atoms with E-state index >= 15 is 0 Å². The van der Waals surface area contributed by atoms with E-state index < -0.39 is 0 Å². The Morgan fingerprint density at radius 2 is 2.08 bits per heavy atom. The third-order valence-corrected chi connectivity index (χ3v) is 1.72. The molecular formula is C9H20FN3. The van der Waals surface area contributed by atoms with Crippen LogP contribution in [-0.4, -0.2) is 37.0 Å². The molecule has 0 saturated carbocycles. The number of rotatable bonds is 7. The molecule has 13 heavy (non-hydrogen) atoms. The molecule has 0 unspecified atom stereocenters. The zero-order valence-electron chi connectivity index (χ0n) is 8.52. The monoisotopic (exact) mass is 189 g/mol. The fraction of sp³-hybridized carbons (Fsp3) is 0.889. The third kappa shape index (κ3) is 7.71. The SMILES string of the molecule is CC(C)CN(CCF)CCC(=N)N. The fourth-order valence-electron chi connectivity index (χ4n) is 1.21. The number of halogens is 1. The molecule has 0 bridgehead atoms. The molecule has 0 aromatic rings. The molecule has 0 aliphatic rings.